The Morgan fingerprint density at radius 2 is 1.91 bits per heavy atom. The minimum absolute atomic E-state index is 0.0610. The molecule has 130 valence electrons. The van der Waals surface area contributed by atoms with Gasteiger partial charge in [0.15, 0.2) is 0 Å². The van der Waals surface area contributed by atoms with Gasteiger partial charge < -0.3 is 5.32 Å². The van der Waals surface area contributed by atoms with E-state index in [-0.39, 0.29) is 35.2 Å². The highest BCUT2D eigenvalue weighted by Crippen LogP contribution is 2.27. The van der Waals surface area contributed by atoms with Crippen LogP contribution in [0.1, 0.15) is 34.1 Å². The molecule has 0 bridgehead atoms. The van der Waals surface area contributed by atoms with E-state index < -0.39 is 10.0 Å². The van der Waals surface area contributed by atoms with Gasteiger partial charge in [0.1, 0.15) is 0 Å². The Kier molecular flexibility index (Phi) is 7.04. The van der Waals surface area contributed by atoms with Crippen LogP contribution < -0.4 is 10.0 Å². The van der Waals surface area contributed by atoms with E-state index in [1.165, 1.54) is 12.1 Å². The van der Waals surface area contributed by atoms with Crippen LogP contribution in [0.25, 0.3) is 0 Å². The minimum atomic E-state index is -3.61. The van der Waals surface area contributed by atoms with Crippen molar-refractivity contribution in [2.75, 3.05) is 13.1 Å². The SMILES string of the molecule is CC(CC(=O)NCCNS(=O)(=O)c1cccc(Cl)c1)C(C)(C)C. The molecule has 0 spiro atoms. The van der Waals surface area contributed by atoms with Crippen molar-refractivity contribution in [3.8, 4) is 0 Å². The maximum atomic E-state index is 12.1. The van der Waals surface area contributed by atoms with Gasteiger partial charge in [-0.05, 0) is 29.5 Å². The summed E-state index contributed by atoms with van der Waals surface area (Å²) in [5.74, 6) is 0.167. The lowest BCUT2D eigenvalue weighted by Gasteiger charge is -2.26. The predicted molar refractivity (Wildman–Crippen MR) is 92.9 cm³/mol. The number of amides is 1. The average molecular weight is 361 g/mol. The lowest BCUT2D eigenvalue weighted by Crippen LogP contribution is -2.36. The summed E-state index contributed by atoms with van der Waals surface area (Å²) in [6.07, 6.45) is 0.421. The van der Waals surface area contributed by atoms with Gasteiger partial charge in [0, 0.05) is 24.5 Å². The Balaban J connectivity index is 2.41. The number of benzene rings is 1. The molecule has 0 aliphatic carbocycles. The highest BCUT2D eigenvalue weighted by molar-refractivity contribution is 7.89. The molecule has 0 saturated carbocycles. The summed E-state index contributed by atoms with van der Waals surface area (Å²) in [6, 6.07) is 6.04. The molecule has 1 amide bonds. The van der Waals surface area contributed by atoms with Crippen LogP contribution in [0.15, 0.2) is 29.2 Å². The van der Waals surface area contributed by atoms with Crippen molar-refractivity contribution in [3.63, 3.8) is 0 Å². The second kappa shape index (κ2) is 8.13. The molecular weight excluding hydrogens is 336 g/mol. The Hall–Kier alpha value is -1.11. The summed E-state index contributed by atoms with van der Waals surface area (Å²) in [5.41, 5.74) is 0.0610. The summed E-state index contributed by atoms with van der Waals surface area (Å²) in [5, 5.41) is 3.09. The first-order valence-electron chi connectivity index (χ1n) is 7.54. The van der Waals surface area contributed by atoms with Gasteiger partial charge in [-0.25, -0.2) is 13.1 Å². The van der Waals surface area contributed by atoms with Crippen LogP contribution in [0, 0.1) is 11.3 Å². The van der Waals surface area contributed by atoms with Crippen LogP contribution in [0.3, 0.4) is 0 Å². The Bertz CT molecular complexity index is 639. The molecule has 23 heavy (non-hydrogen) atoms. The maximum Gasteiger partial charge on any atom is 0.240 e. The Morgan fingerprint density at radius 3 is 2.48 bits per heavy atom. The van der Waals surface area contributed by atoms with E-state index in [4.69, 9.17) is 11.6 Å². The zero-order valence-electron chi connectivity index (χ0n) is 14.0. The molecule has 1 aromatic carbocycles. The normalized spacial score (nSPS) is 13.6. The first-order chi connectivity index (χ1) is 10.5. The molecular formula is C16H25ClN2O3S. The fourth-order valence-electron chi connectivity index (χ4n) is 1.76. The van der Waals surface area contributed by atoms with Crippen LogP contribution >= 0.6 is 11.6 Å². The van der Waals surface area contributed by atoms with Gasteiger partial charge in [-0.2, -0.15) is 0 Å². The van der Waals surface area contributed by atoms with Crippen LogP contribution in [-0.4, -0.2) is 27.4 Å². The average Bonchev–Trinajstić information content (AvgIpc) is 2.42. The van der Waals surface area contributed by atoms with Gasteiger partial charge in [0.25, 0.3) is 0 Å². The quantitative estimate of drug-likeness (QED) is 0.734. The van der Waals surface area contributed by atoms with E-state index in [1.54, 1.807) is 12.1 Å². The van der Waals surface area contributed by atoms with Gasteiger partial charge in [0.2, 0.25) is 15.9 Å². The fourth-order valence-corrected chi connectivity index (χ4v) is 3.09. The molecule has 0 aliphatic rings. The largest absolute Gasteiger partial charge is 0.355 e. The third kappa shape index (κ3) is 6.89. The molecule has 1 rings (SSSR count). The highest BCUT2D eigenvalue weighted by Gasteiger charge is 2.22. The van der Waals surface area contributed by atoms with Gasteiger partial charge in [-0.3, -0.25) is 4.79 Å². The number of sulfonamides is 1. The molecule has 0 heterocycles. The summed E-state index contributed by atoms with van der Waals surface area (Å²) in [6.45, 7) is 8.67. The van der Waals surface area contributed by atoms with Crippen LogP contribution in [0.4, 0.5) is 0 Å². The molecule has 2 N–H and O–H groups in total. The molecule has 0 aromatic heterocycles. The standard InChI is InChI=1S/C16H25ClN2O3S/c1-12(16(2,3)4)10-15(20)18-8-9-19-23(21,22)14-7-5-6-13(17)11-14/h5-7,11-12,19H,8-10H2,1-4H3,(H,18,20). The molecule has 0 saturated heterocycles. The monoisotopic (exact) mass is 360 g/mol. The molecule has 5 nitrogen and oxygen atoms in total. The second-order valence-electron chi connectivity index (χ2n) is 6.68. The Labute approximate surface area is 143 Å². The maximum absolute atomic E-state index is 12.1. The molecule has 0 aliphatic heterocycles. The van der Waals surface area contributed by atoms with E-state index in [1.807, 2.05) is 6.92 Å². The topological polar surface area (TPSA) is 75.3 Å². The Morgan fingerprint density at radius 1 is 1.26 bits per heavy atom. The summed E-state index contributed by atoms with van der Waals surface area (Å²) in [7, 11) is -3.61. The fraction of sp³-hybridized carbons (Fsp3) is 0.562. The van der Waals surface area contributed by atoms with Crippen LogP contribution in [-0.2, 0) is 14.8 Å². The van der Waals surface area contributed by atoms with Crippen molar-refractivity contribution in [2.24, 2.45) is 11.3 Å². The first kappa shape index (κ1) is 19.9. The third-order valence-electron chi connectivity index (χ3n) is 3.82. The van der Waals surface area contributed by atoms with Crippen LogP contribution in [0.5, 0.6) is 0 Å². The molecule has 7 heteroatoms. The summed E-state index contributed by atoms with van der Waals surface area (Å²) < 4.78 is 26.6. The van der Waals surface area contributed by atoms with E-state index >= 15 is 0 Å². The minimum Gasteiger partial charge on any atom is -0.355 e. The van der Waals surface area contributed by atoms with Crippen molar-refractivity contribution in [3.05, 3.63) is 29.3 Å². The number of rotatable bonds is 7. The van der Waals surface area contributed by atoms with Gasteiger partial charge in [-0.1, -0.05) is 45.4 Å². The first-order valence-corrected chi connectivity index (χ1v) is 9.40. The highest BCUT2D eigenvalue weighted by atomic mass is 35.5. The smallest absolute Gasteiger partial charge is 0.240 e. The van der Waals surface area contributed by atoms with Gasteiger partial charge >= 0.3 is 0 Å². The number of nitrogens with one attached hydrogen (secondary N) is 2. The lowest BCUT2D eigenvalue weighted by molar-refractivity contribution is -0.122. The molecule has 1 unspecified atom stereocenters. The van der Waals surface area contributed by atoms with Crippen molar-refractivity contribution in [2.45, 2.75) is 39.0 Å². The summed E-state index contributed by atoms with van der Waals surface area (Å²) >= 11 is 5.79. The van der Waals surface area contributed by atoms with Crippen molar-refractivity contribution < 1.29 is 13.2 Å². The van der Waals surface area contributed by atoms with E-state index in [9.17, 15) is 13.2 Å². The van der Waals surface area contributed by atoms with E-state index in [0.717, 1.165) is 0 Å². The summed E-state index contributed by atoms with van der Waals surface area (Å²) in [4.78, 5) is 11.9. The molecule has 1 aromatic rings. The zero-order chi connectivity index (χ0) is 17.7. The molecule has 1 atom stereocenters. The van der Waals surface area contributed by atoms with Crippen molar-refractivity contribution in [1.82, 2.24) is 10.0 Å². The van der Waals surface area contributed by atoms with E-state index in [2.05, 4.69) is 30.8 Å². The zero-order valence-corrected chi connectivity index (χ0v) is 15.6. The second-order valence-corrected chi connectivity index (χ2v) is 8.88. The number of carbonyl (C=O) groups is 1. The predicted octanol–water partition coefficient (Wildman–Crippen LogP) is 2.81. The molecule has 0 fully saturated rings. The molecule has 0 radical (unpaired) electrons. The van der Waals surface area contributed by atoms with Crippen molar-refractivity contribution >= 4 is 27.5 Å². The third-order valence-corrected chi connectivity index (χ3v) is 5.51. The van der Waals surface area contributed by atoms with Crippen molar-refractivity contribution in [1.29, 1.82) is 0 Å². The van der Waals surface area contributed by atoms with Gasteiger partial charge in [-0.15, -0.1) is 0 Å². The number of hydrogen-bond acceptors (Lipinski definition) is 3. The van der Waals surface area contributed by atoms with Gasteiger partial charge in [0.05, 0.1) is 4.90 Å². The lowest BCUT2D eigenvalue weighted by atomic mass is 9.80. The number of carbonyl (C=O) groups excluding carboxylic acids is 1. The van der Waals surface area contributed by atoms with E-state index in [0.29, 0.717) is 11.4 Å². The number of halogens is 1. The van der Waals surface area contributed by atoms with Crippen LogP contribution in [0.2, 0.25) is 5.02 Å². The number of hydrogen-bond donors (Lipinski definition) is 2.